The van der Waals surface area contributed by atoms with Gasteiger partial charge in [-0.1, -0.05) is 24.3 Å². The summed E-state index contributed by atoms with van der Waals surface area (Å²) in [6.07, 6.45) is 1.89. The molecule has 0 aliphatic heterocycles. The van der Waals surface area contributed by atoms with Gasteiger partial charge in [0.25, 0.3) is 0 Å². The van der Waals surface area contributed by atoms with Crippen molar-refractivity contribution in [3.63, 3.8) is 0 Å². The topological polar surface area (TPSA) is 29.9 Å². The monoisotopic (exact) mass is 345 g/mol. The van der Waals surface area contributed by atoms with Gasteiger partial charge in [-0.3, -0.25) is 0 Å². The number of nitrogens with zero attached hydrogens (tertiary/aromatic N) is 2. The van der Waals surface area contributed by atoms with Crippen molar-refractivity contribution >= 4 is 21.6 Å². The molecule has 0 atom stereocenters. The molecule has 1 N–H and O–H groups in total. The van der Waals surface area contributed by atoms with Crippen LogP contribution in [0.4, 0.5) is 10.1 Å². The molecule has 0 radical (unpaired) electrons. The van der Waals surface area contributed by atoms with E-state index >= 15 is 0 Å². The molecule has 2 aromatic carbocycles. The number of para-hydroxylation sites is 2. The van der Waals surface area contributed by atoms with Gasteiger partial charge in [-0.25, -0.2) is 9.07 Å². The lowest BCUT2D eigenvalue weighted by atomic mass is 10.3. The third-order valence-corrected chi connectivity index (χ3v) is 3.73. The van der Waals surface area contributed by atoms with Gasteiger partial charge in [-0.15, -0.1) is 0 Å². The smallest absolute Gasteiger partial charge is 0.147 e. The highest BCUT2D eigenvalue weighted by Crippen LogP contribution is 2.25. The second-order valence-electron chi connectivity index (χ2n) is 4.54. The van der Waals surface area contributed by atoms with Crippen LogP contribution in [0.5, 0.6) is 0 Å². The fraction of sp³-hybridized carbons (Fsp3) is 0.0625. The first-order chi connectivity index (χ1) is 10.2. The summed E-state index contributed by atoms with van der Waals surface area (Å²) in [5.74, 6) is -0.285. The maximum absolute atomic E-state index is 13.7. The van der Waals surface area contributed by atoms with E-state index in [9.17, 15) is 4.39 Å². The fourth-order valence-corrected chi connectivity index (χ4v) is 2.51. The molecule has 0 saturated carbocycles. The van der Waals surface area contributed by atoms with E-state index < -0.39 is 0 Å². The van der Waals surface area contributed by atoms with Crippen LogP contribution in [-0.2, 0) is 6.54 Å². The predicted octanol–water partition coefficient (Wildman–Crippen LogP) is 4.39. The zero-order chi connectivity index (χ0) is 14.7. The minimum Gasteiger partial charge on any atom is -0.376 e. The zero-order valence-corrected chi connectivity index (χ0v) is 12.7. The van der Waals surface area contributed by atoms with E-state index in [0.717, 1.165) is 11.4 Å². The highest BCUT2D eigenvalue weighted by atomic mass is 79.9. The molecule has 5 heteroatoms. The average Bonchev–Trinajstić information content (AvgIpc) is 2.97. The number of benzene rings is 2. The maximum atomic E-state index is 13.7. The van der Waals surface area contributed by atoms with Gasteiger partial charge in [0.05, 0.1) is 23.6 Å². The van der Waals surface area contributed by atoms with Gasteiger partial charge in [-0.05, 0) is 46.3 Å². The Morgan fingerprint density at radius 3 is 2.62 bits per heavy atom. The van der Waals surface area contributed by atoms with Crippen molar-refractivity contribution < 1.29 is 4.39 Å². The Kier molecular flexibility index (Phi) is 4.01. The largest absolute Gasteiger partial charge is 0.376 e. The van der Waals surface area contributed by atoms with Crippen molar-refractivity contribution in [2.45, 2.75) is 6.54 Å². The molecule has 0 aliphatic carbocycles. The Bertz CT molecular complexity index is 720. The normalized spacial score (nSPS) is 10.6. The molecule has 0 unspecified atom stereocenters. The highest BCUT2D eigenvalue weighted by molar-refractivity contribution is 9.10. The molecular formula is C16H13BrFN3. The summed E-state index contributed by atoms with van der Waals surface area (Å²) >= 11 is 3.33. The lowest BCUT2D eigenvalue weighted by molar-refractivity contribution is 0.629. The zero-order valence-electron chi connectivity index (χ0n) is 11.1. The standard InChI is InChI=1S/C16H13BrFN3/c17-14-7-4-8-15(18)16(14)19-11-12-9-10-21(20-12)13-5-2-1-3-6-13/h1-10,19H,11H2. The molecule has 21 heavy (non-hydrogen) atoms. The molecule has 0 saturated heterocycles. The quantitative estimate of drug-likeness (QED) is 0.760. The van der Waals surface area contributed by atoms with E-state index in [1.165, 1.54) is 6.07 Å². The first-order valence-corrected chi connectivity index (χ1v) is 7.31. The second-order valence-corrected chi connectivity index (χ2v) is 5.39. The molecule has 3 nitrogen and oxygen atoms in total. The lowest BCUT2D eigenvalue weighted by Crippen LogP contribution is -2.04. The van der Waals surface area contributed by atoms with E-state index in [4.69, 9.17) is 0 Å². The van der Waals surface area contributed by atoms with Gasteiger partial charge in [-0.2, -0.15) is 5.10 Å². The SMILES string of the molecule is Fc1cccc(Br)c1NCc1ccn(-c2ccccc2)n1. The molecule has 0 fully saturated rings. The number of aromatic nitrogens is 2. The molecule has 0 amide bonds. The Hall–Kier alpha value is -2.14. The lowest BCUT2D eigenvalue weighted by Gasteiger charge is -2.08. The van der Waals surface area contributed by atoms with Crippen molar-refractivity contribution in [2.24, 2.45) is 0 Å². The van der Waals surface area contributed by atoms with Gasteiger partial charge in [0, 0.05) is 10.7 Å². The third-order valence-electron chi connectivity index (χ3n) is 3.07. The van der Waals surface area contributed by atoms with Gasteiger partial charge >= 0.3 is 0 Å². The number of halogens is 2. The number of hydrogen-bond acceptors (Lipinski definition) is 2. The average molecular weight is 346 g/mol. The Morgan fingerprint density at radius 1 is 1.05 bits per heavy atom. The van der Waals surface area contributed by atoms with Gasteiger partial charge in [0.15, 0.2) is 0 Å². The molecule has 0 bridgehead atoms. The summed E-state index contributed by atoms with van der Waals surface area (Å²) in [6.45, 7) is 0.458. The van der Waals surface area contributed by atoms with Crippen LogP contribution in [-0.4, -0.2) is 9.78 Å². The molecule has 0 spiro atoms. The van der Waals surface area contributed by atoms with Crippen LogP contribution < -0.4 is 5.32 Å². The third kappa shape index (κ3) is 3.13. The summed E-state index contributed by atoms with van der Waals surface area (Å²) in [6, 6.07) is 16.7. The summed E-state index contributed by atoms with van der Waals surface area (Å²) in [7, 11) is 0. The molecule has 0 aliphatic rings. The summed E-state index contributed by atoms with van der Waals surface area (Å²) < 4.78 is 16.2. The second kappa shape index (κ2) is 6.10. The van der Waals surface area contributed by atoms with E-state index in [2.05, 4.69) is 26.3 Å². The van der Waals surface area contributed by atoms with Crippen LogP contribution in [0.25, 0.3) is 5.69 Å². The summed E-state index contributed by atoms with van der Waals surface area (Å²) in [5, 5.41) is 7.54. The van der Waals surface area contributed by atoms with E-state index in [-0.39, 0.29) is 5.82 Å². The minimum absolute atomic E-state index is 0.285. The predicted molar refractivity (Wildman–Crippen MR) is 85.0 cm³/mol. The van der Waals surface area contributed by atoms with Crippen LogP contribution in [0.15, 0.2) is 65.3 Å². The van der Waals surface area contributed by atoms with Gasteiger partial charge in [0.2, 0.25) is 0 Å². The van der Waals surface area contributed by atoms with Crippen LogP contribution in [0.1, 0.15) is 5.69 Å². The minimum atomic E-state index is -0.285. The number of nitrogens with one attached hydrogen (secondary N) is 1. The first-order valence-electron chi connectivity index (χ1n) is 6.52. The van der Waals surface area contributed by atoms with Crippen molar-refractivity contribution in [1.29, 1.82) is 0 Å². The summed E-state index contributed by atoms with van der Waals surface area (Å²) in [5.41, 5.74) is 2.29. The molecule has 3 rings (SSSR count). The fourth-order valence-electron chi connectivity index (χ4n) is 2.03. The maximum Gasteiger partial charge on any atom is 0.147 e. The first kappa shape index (κ1) is 13.8. The van der Waals surface area contributed by atoms with Gasteiger partial charge < -0.3 is 5.32 Å². The molecular weight excluding hydrogens is 333 g/mol. The Labute approximate surface area is 130 Å². The van der Waals surface area contributed by atoms with Crippen molar-refractivity contribution in [1.82, 2.24) is 9.78 Å². The molecule has 1 heterocycles. The number of rotatable bonds is 4. The van der Waals surface area contributed by atoms with E-state index in [1.807, 2.05) is 42.6 Å². The van der Waals surface area contributed by atoms with E-state index in [1.54, 1.807) is 16.8 Å². The van der Waals surface area contributed by atoms with E-state index in [0.29, 0.717) is 16.7 Å². The molecule has 3 aromatic rings. The van der Waals surface area contributed by atoms with Crippen molar-refractivity contribution in [3.8, 4) is 5.69 Å². The van der Waals surface area contributed by atoms with Gasteiger partial charge in [0.1, 0.15) is 5.82 Å². The summed E-state index contributed by atoms with van der Waals surface area (Å²) in [4.78, 5) is 0. The van der Waals surface area contributed by atoms with Crippen LogP contribution in [0.2, 0.25) is 0 Å². The Balaban J connectivity index is 1.74. The van der Waals surface area contributed by atoms with Crippen LogP contribution in [0, 0.1) is 5.82 Å². The Morgan fingerprint density at radius 2 is 1.86 bits per heavy atom. The van der Waals surface area contributed by atoms with Crippen LogP contribution >= 0.6 is 15.9 Å². The molecule has 106 valence electrons. The molecule has 1 aromatic heterocycles. The highest BCUT2D eigenvalue weighted by Gasteiger charge is 2.07. The number of anilines is 1. The van der Waals surface area contributed by atoms with Crippen molar-refractivity contribution in [3.05, 3.63) is 76.8 Å². The number of hydrogen-bond donors (Lipinski definition) is 1. The van der Waals surface area contributed by atoms with Crippen LogP contribution in [0.3, 0.4) is 0 Å². The van der Waals surface area contributed by atoms with Crippen molar-refractivity contribution in [2.75, 3.05) is 5.32 Å².